The van der Waals surface area contributed by atoms with Gasteiger partial charge in [0.15, 0.2) is 0 Å². The lowest BCUT2D eigenvalue weighted by Crippen LogP contribution is -2.34. The monoisotopic (exact) mass is 308 g/mol. The van der Waals surface area contributed by atoms with Crippen molar-refractivity contribution in [3.05, 3.63) is 29.3 Å². The van der Waals surface area contributed by atoms with Crippen LogP contribution in [0.25, 0.3) is 0 Å². The number of hydrogen-bond donors (Lipinski definition) is 1. The second-order valence-corrected chi connectivity index (χ2v) is 8.16. The zero-order chi connectivity index (χ0) is 15.0. The number of sulfonamides is 1. The molecular weight excluding hydrogens is 284 g/mol. The van der Waals surface area contributed by atoms with Gasteiger partial charge in [0.25, 0.3) is 0 Å². The lowest BCUT2D eigenvalue weighted by Gasteiger charge is -2.23. The Morgan fingerprint density at radius 3 is 2.67 bits per heavy atom. The smallest absolute Gasteiger partial charge is 0.243 e. The first kappa shape index (κ1) is 15.0. The number of benzene rings is 1. The summed E-state index contributed by atoms with van der Waals surface area (Å²) in [4.78, 5) is 0.478. The van der Waals surface area contributed by atoms with Gasteiger partial charge >= 0.3 is 0 Å². The summed E-state index contributed by atoms with van der Waals surface area (Å²) in [5.74, 6) is 0. The molecule has 3 rings (SSSR count). The van der Waals surface area contributed by atoms with Crippen LogP contribution in [0.3, 0.4) is 0 Å². The van der Waals surface area contributed by atoms with E-state index in [4.69, 9.17) is 0 Å². The highest BCUT2D eigenvalue weighted by Crippen LogP contribution is 2.29. The topological polar surface area (TPSA) is 49.4 Å². The predicted octanol–water partition coefficient (Wildman–Crippen LogP) is 2.42. The third-order valence-corrected chi connectivity index (χ3v) is 6.79. The zero-order valence-corrected chi connectivity index (χ0v) is 13.6. The van der Waals surface area contributed by atoms with Gasteiger partial charge in [0, 0.05) is 25.2 Å². The largest absolute Gasteiger partial charge is 0.310 e. The van der Waals surface area contributed by atoms with Gasteiger partial charge < -0.3 is 5.32 Å². The van der Waals surface area contributed by atoms with Crippen molar-refractivity contribution in [2.24, 2.45) is 0 Å². The minimum Gasteiger partial charge on any atom is -0.310 e. The molecular formula is C16H24N2O2S. The summed E-state index contributed by atoms with van der Waals surface area (Å²) >= 11 is 0. The maximum atomic E-state index is 12.9. The molecule has 2 aliphatic rings. The van der Waals surface area contributed by atoms with Crippen molar-refractivity contribution in [1.82, 2.24) is 9.62 Å². The molecule has 5 heteroatoms. The molecule has 1 atom stereocenters. The Labute approximate surface area is 127 Å². The first-order valence-electron chi connectivity index (χ1n) is 7.84. The summed E-state index contributed by atoms with van der Waals surface area (Å²) in [5, 5.41) is 3.46. The van der Waals surface area contributed by atoms with Crippen LogP contribution in [-0.4, -0.2) is 31.4 Å². The van der Waals surface area contributed by atoms with Crippen LogP contribution in [0.4, 0.5) is 0 Å². The van der Waals surface area contributed by atoms with E-state index in [1.165, 1.54) is 12.8 Å². The average Bonchev–Trinajstić information content (AvgIpc) is 3.17. The lowest BCUT2D eigenvalue weighted by molar-refractivity contribution is 0.408. The number of nitrogens with zero attached hydrogens (tertiary/aromatic N) is 1. The lowest BCUT2D eigenvalue weighted by atomic mass is 10.1. The van der Waals surface area contributed by atoms with Gasteiger partial charge in [-0.05, 0) is 56.7 Å². The summed E-state index contributed by atoms with van der Waals surface area (Å²) in [7, 11) is -3.36. The van der Waals surface area contributed by atoms with E-state index in [1.807, 2.05) is 26.0 Å². The van der Waals surface area contributed by atoms with Crippen molar-refractivity contribution in [2.75, 3.05) is 6.54 Å². The maximum Gasteiger partial charge on any atom is 0.243 e. The van der Waals surface area contributed by atoms with Crippen LogP contribution in [0, 0.1) is 6.92 Å². The fourth-order valence-electron chi connectivity index (χ4n) is 3.06. The SMILES string of the molecule is Cc1c(CNC2CC2)cccc1S(=O)(=O)N1CCCC1C. The molecule has 1 aromatic carbocycles. The van der Waals surface area contributed by atoms with E-state index in [9.17, 15) is 8.42 Å². The molecule has 1 aliphatic heterocycles. The van der Waals surface area contributed by atoms with Gasteiger partial charge in [-0.15, -0.1) is 0 Å². The molecule has 1 saturated heterocycles. The third-order valence-electron chi connectivity index (χ3n) is 4.63. The van der Waals surface area contributed by atoms with Gasteiger partial charge in [-0.2, -0.15) is 4.31 Å². The van der Waals surface area contributed by atoms with Gasteiger partial charge in [-0.1, -0.05) is 12.1 Å². The van der Waals surface area contributed by atoms with E-state index in [-0.39, 0.29) is 6.04 Å². The van der Waals surface area contributed by atoms with Gasteiger partial charge in [0.2, 0.25) is 10.0 Å². The predicted molar refractivity (Wildman–Crippen MR) is 83.6 cm³/mol. The second-order valence-electron chi connectivity index (χ2n) is 6.30. The minimum atomic E-state index is -3.36. The number of rotatable bonds is 5. The van der Waals surface area contributed by atoms with Gasteiger partial charge in [-0.3, -0.25) is 0 Å². The summed E-state index contributed by atoms with van der Waals surface area (Å²) in [6.45, 7) is 5.33. The molecule has 21 heavy (non-hydrogen) atoms. The summed E-state index contributed by atoms with van der Waals surface area (Å²) in [6.07, 6.45) is 4.40. The standard InChI is InChI=1S/C16H24N2O2S/c1-12-5-4-10-18(12)21(19,20)16-7-3-6-14(13(16)2)11-17-15-8-9-15/h3,6-7,12,15,17H,4-5,8-11H2,1-2H3. The Kier molecular flexibility index (Phi) is 4.08. The Morgan fingerprint density at radius 1 is 1.29 bits per heavy atom. The number of hydrogen-bond acceptors (Lipinski definition) is 3. The molecule has 1 saturated carbocycles. The van der Waals surface area contributed by atoms with Crippen molar-refractivity contribution >= 4 is 10.0 Å². The molecule has 4 nitrogen and oxygen atoms in total. The zero-order valence-electron chi connectivity index (χ0n) is 12.8. The molecule has 0 spiro atoms. The molecule has 1 heterocycles. The van der Waals surface area contributed by atoms with Crippen molar-refractivity contribution in [3.63, 3.8) is 0 Å². The Balaban J connectivity index is 1.88. The quantitative estimate of drug-likeness (QED) is 0.909. The van der Waals surface area contributed by atoms with Crippen LogP contribution in [0.5, 0.6) is 0 Å². The Morgan fingerprint density at radius 2 is 2.05 bits per heavy atom. The molecule has 1 aliphatic carbocycles. The molecule has 1 N–H and O–H groups in total. The van der Waals surface area contributed by atoms with Crippen LogP contribution >= 0.6 is 0 Å². The van der Waals surface area contributed by atoms with E-state index >= 15 is 0 Å². The molecule has 1 aromatic rings. The highest BCUT2D eigenvalue weighted by Gasteiger charge is 2.33. The van der Waals surface area contributed by atoms with Crippen LogP contribution in [0.1, 0.15) is 43.7 Å². The molecule has 0 radical (unpaired) electrons. The molecule has 116 valence electrons. The van der Waals surface area contributed by atoms with E-state index in [0.717, 1.165) is 30.5 Å². The normalized spacial score (nSPS) is 23.6. The Hall–Kier alpha value is -0.910. The maximum absolute atomic E-state index is 12.9. The average molecular weight is 308 g/mol. The van der Waals surface area contributed by atoms with Crippen LogP contribution < -0.4 is 5.32 Å². The minimum absolute atomic E-state index is 0.114. The third kappa shape index (κ3) is 3.00. The fraction of sp³-hybridized carbons (Fsp3) is 0.625. The van der Waals surface area contributed by atoms with E-state index in [2.05, 4.69) is 5.32 Å². The van der Waals surface area contributed by atoms with E-state index < -0.39 is 10.0 Å². The van der Waals surface area contributed by atoms with Gasteiger partial charge in [0.05, 0.1) is 4.90 Å². The molecule has 0 amide bonds. The highest BCUT2D eigenvalue weighted by molar-refractivity contribution is 7.89. The first-order chi connectivity index (χ1) is 10.00. The number of nitrogens with one attached hydrogen (secondary N) is 1. The summed E-state index contributed by atoms with van der Waals surface area (Å²) < 4.78 is 27.4. The molecule has 0 aromatic heterocycles. The fourth-order valence-corrected chi connectivity index (χ4v) is 5.03. The van der Waals surface area contributed by atoms with E-state index in [0.29, 0.717) is 17.5 Å². The van der Waals surface area contributed by atoms with Crippen molar-refractivity contribution in [3.8, 4) is 0 Å². The molecule has 1 unspecified atom stereocenters. The van der Waals surface area contributed by atoms with E-state index in [1.54, 1.807) is 10.4 Å². The molecule has 2 fully saturated rings. The van der Waals surface area contributed by atoms with Gasteiger partial charge in [0.1, 0.15) is 0 Å². The van der Waals surface area contributed by atoms with Crippen LogP contribution in [-0.2, 0) is 16.6 Å². The van der Waals surface area contributed by atoms with Crippen molar-refractivity contribution in [1.29, 1.82) is 0 Å². The van der Waals surface area contributed by atoms with Crippen LogP contribution in [0.2, 0.25) is 0 Å². The Bertz CT molecular complexity index is 623. The highest BCUT2D eigenvalue weighted by atomic mass is 32.2. The summed E-state index contributed by atoms with van der Waals surface area (Å²) in [6, 6.07) is 6.38. The van der Waals surface area contributed by atoms with Crippen molar-refractivity contribution < 1.29 is 8.42 Å². The van der Waals surface area contributed by atoms with Crippen LogP contribution in [0.15, 0.2) is 23.1 Å². The van der Waals surface area contributed by atoms with Gasteiger partial charge in [-0.25, -0.2) is 8.42 Å². The molecule has 0 bridgehead atoms. The van der Waals surface area contributed by atoms with Crippen molar-refractivity contribution in [2.45, 2.75) is 63.1 Å². The first-order valence-corrected chi connectivity index (χ1v) is 9.28. The summed E-state index contributed by atoms with van der Waals surface area (Å²) in [5.41, 5.74) is 1.99. The second kappa shape index (κ2) is 5.71.